The maximum Gasteiger partial charge on any atom is 0.329 e. The molecule has 3 rings (SSSR count). The molecule has 124 valence electrons. The number of nitrogens with one attached hydrogen (secondary N) is 3. The van der Waals surface area contributed by atoms with Crippen molar-refractivity contribution in [3.05, 3.63) is 33.1 Å². The highest BCUT2D eigenvalue weighted by molar-refractivity contribution is 7.89. The Morgan fingerprint density at radius 3 is 2.87 bits per heavy atom. The van der Waals surface area contributed by atoms with Crippen LogP contribution in [-0.4, -0.2) is 42.1 Å². The summed E-state index contributed by atoms with van der Waals surface area (Å²) in [5, 5.41) is 3.18. The van der Waals surface area contributed by atoms with E-state index in [1.807, 2.05) is 0 Å². The predicted molar refractivity (Wildman–Crippen MR) is 83.8 cm³/mol. The number of fused-ring (bicyclic) bond motifs is 1. The molecule has 0 bridgehead atoms. The summed E-state index contributed by atoms with van der Waals surface area (Å²) in [5.41, 5.74) is -1.12. The van der Waals surface area contributed by atoms with E-state index in [4.69, 9.17) is 0 Å². The van der Waals surface area contributed by atoms with Gasteiger partial charge in [-0.1, -0.05) is 0 Å². The van der Waals surface area contributed by atoms with Crippen LogP contribution in [-0.2, 0) is 17.1 Å². The van der Waals surface area contributed by atoms with Crippen molar-refractivity contribution in [2.75, 3.05) is 13.1 Å². The van der Waals surface area contributed by atoms with Crippen LogP contribution in [0, 0.1) is 0 Å². The number of sulfonamides is 1. The molecule has 2 aromatic heterocycles. The van der Waals surface area contributed by atoms with Crippen molar-refractivity contribution in [2.45, 2.75) is 23.8 Å². The first-order valence-corrected chi connectivity index (χ1v) is 8.69. The van der Waals surface area contributed by atoms with Crippen molar-refractivity contribution >= 4 is 21.1 Å². The number of rotatable bonds is 3. The van der Waals surface area contributed by atoms with Crippen LogP contribution in [0.3, 0.4) is 0 Å². The number of nitrogens with zero attached hydrogens (tertiary/aromatic N) is 2. The fourth-order valence-corrected chi connectivity index (χ4v) is 3.84. The monoisotopic (exact) mass is 339 g/mol. The first-order chi connectivity index (χ1) is 10.9. The van der Waals surface area contributed by atoms with Gasteiger partial charge in [0, 0.05) is 25.8 Å². The lowest BCUT2D eigenvalue weighted by molar-refractivity contribution is 0.428. The molecule has 1 unspecified atom stereocenters. The van der Waals surface area contributed by atoms with E-state index >= 15 is 0 Å². The first-order valence-electron chi connectivity index (χ1n) is 7.20. The Kier molecular flexibility index (Phi) is 4.04. The average molecular weight is 339 g/mol. The first kappa shape index (κ1) is 15.8. The fraction of sp³-hybridized carbons (Fsp3) is 0.462. The molecule has 1 atom stereocenters. The molecule has 0 radical (unpaired) electrons. The number of aromatic nitrogens is 3. The third-order valence-electron chi connectivity index (χ3n) is 3.86. The Bertz CT molecular complexity index is 956. The van der Waals surface area contributed by atoms with E-state index < -0.39 is 21.3 Å². The summed E-state index contributed by atoms with van der Waals surface area (Å²) >= 11 is 0. The van der Waals surface area contributed by atoms with Crippen LogP contribution >= 0.6 is 0 Å². The summed E-state index contributed by atoms with van der Waals surface area (Å²) in [6.45, 7) is 1.44. The third kappa shape index (κ3) is 3.05. The Morgan fingerprint density at radius 1 is 1.39 bits per heavy atom. The van der Waals surface area contributed by atoms with Gasteiger partial charge in [0.2, 0.25) is 10.0 Å². The number of pyridine rings is 1. The molecule has 1 fully saturated rings. The highest BCUT2D eigenvalue weighted by atomic mass is 32.2. The normalized spacial score (nSPS) is 19.1. The van der Waals surface area contributed by atoms with Crippen LogP contribution in [0.25, 0.3) is 11.0 Å². The van der Waals surface area contributed by atoms with Gasteiger partial charge in [-0.25, -0.2) is 22.9 Å². The Hall–Kier alpha value is -2.04. The van der Waals surface area contributed by atoms with E-state index in [2.05, 4.69) is 20.0 Å². The molecule has 0 saturated carbocycles. The van der Waals surface area contributed by atoms with Crippen LogP contribution in [0.15, 0.2) is 26.7 Å². The van der Waals surface area contributed by atoms with Crippen LogP contribution in [0.1, 0.15) is 12.8 Å². The molecule has 3 N–H and O–H groups in total. The summed E-state index contributed by atoms with van der Waals surface area (Å²) in [7, 11) is -2.33. The second-order valence-electron chi connectivity index (χ2n) is 5.53. The fourth-order valence-electron chi connectivity index (χ4n) is 2.60. The summed E-state index contributed by atoms with van der Waals surface area (Å²) in [4.78, 5) is 29.4. The zero-order valence-electron chi connectivity index (χ0n) is 12.5. The van der Waals surface area contributed by atoms with Crippen molar-refractivity contribution in [2.24, 2.45) is 7.05 Å². The number of H-pyrrole nitrogens is 1. The number of aromatic amines is 1. The molecule has 3 heterocycles. The molecule has 2 aromatic rings. The van der Waals surface area contributed by atoms with Crippen LogP contribution in [0.5, 0.6) is 0 Å². The largest absolute Gasteiger partial charge is 0.329 e. The second-order valence-corrected chi connectivity index (χ2v) is 7.24. The minimum absolute atomic E-state index is 0.0525. The van der Waals surface area contributed by atoms with E-state index in [0.717, 1.165) is 30.2 Å². The van der Waals surface area contributed by atoms with Gasteiger partial charge in [-0.2, -0.15) is 0 Å². The number of hydrogen-bond acceptors (Lipinski definition) is 6. The Balaban J connectivity index is 2.02. The molecule has 1 aliphatic rings. The highest BCUT2D eigenvalue weighted by Gasteiger charge is 2.23. The van der Waals surface area contributed by atoms with Crippen LogP contribution in [0.4, 0.5) is 0 Å². The molecule has 10 heteroatoms. The third-order valence-corrected chi connectivity index (χ3v) is 5.35. The summed E-state index contributed by atoms with van der Waals surface area (Å²) in [6, 6.07) is 1.04. The summed E-state index contributed by atoms with van der Waals surface area (Å²) in [5.74, 6) is 0. The molecule has 0 aromatic carbocycles. The molecular formula is C13H17N5O4S. The standard InChI is InChI=1S/C13H17N5O4S/c1-18-11-10(12(19)16-13(18)20)5-9(7-15-11)23(21,22)17-8-3-2-4-14-6-8/h5,7-8,14,17H,2-4,6H2,1H3,(H,16,19,20). The molecule has 0 spiro atoms. The molecule has 23 heavy (non-hydrogen) atoms. The minimum Gasteiger partial charge on any atom is -0.315 e. The Labute approximate surface area is 131 Å². The van der Waals surface area contributed by atoms with Crippen LogP contribution < -0.4 is 21.3 Å². The van der Waals surface area contributed by atoms with Gasteiger partial charge >= 0.3 is 5.69 Å². The lowest BCUT2D eigenvalue weighted by Crippen LogP contribution is -2.45. The molecule has 9 nitrogen and oxygen atoms in total. The lowest BCUT2D eigenvalue weighted by atomic mass is 10.1. The molecule has 0 amide bonds. The smallest absolute Gasteiger partial charge is 0.315 e. The van der Waals surface area contributed by atoms with Crippen LogP contribution in [0.2, 0.25) is 0 Å². The van der Waals surface area contributed by atoms with Crippen molar-refractivity contribution < 1.29 is 8.42 Å². The number of hydrogen-bond donors (Lipinski definition) is 3. The molecular weight excluding hydrogens is 322 g/mol. The minimum atomic E-state index is -3.78. The average Bonchev–Trinajstić information content (AvgIpc) is 2.53. The lowest BCUT2D eigenvalue weighted by Gasteiger charge is -2.23. The van der Waals surface area contributed by atoms with Crippen molar-refractivity contribution in [1.29, 1.82) is 0 Å². The number of piperidine rings is 1. The van der Waals surface area contributed by atoms with Crippen molar-refractivity contribution in [3.8, 4) is 0 Å². The van der Waals surface area contributed by atoms with E-state index in [9.17, 15) is 18.0 Å². The van der Waals surface area contributed by atoms with E-state index in [1.54, 1.807) is 0 Å². The maximum absolute atomic E-state index is 12.4. The predicted octanol–water partition coefficient (Wildman–Crippen LogP) is -1.35. The van der Waals surface area contributed by atoms with Crippen molar-refractivity contribution in [1.82, 2.24) is 24.6 Å². The maximum atomic E-state index is 12.4. The van der Waals surface area contributed by atoms with Gasteiger partial charge in [0.1, 0.15) is 10.5 Å². The van der Waals surface area contributed by atoms with Gasteiger partial charge in [-0.05, 0) is 25.5 Å². The van der Waals surface area contributed by atoms with Gasteiger partial charge in [0.25, 0.3) is 5.56 Å². The molecule has 1 aliphatic heterocycles. The molecule has 1 saturated heterocycles. The number of aryl methyl sites for hydroxylation is 1. The van der Waals surface area contributed by atoms with Crippen molar-refractivity contribution in [3.63, 3.8) is 0 Å². The zero-order valence-corrected chi connectivity index (χ0v) is 13.3. The summed E-state index contributed by atoms with van der Waals surface area (Å²) < 4.78 is 28.7. The molecule has 0 aliphatic carbocycles. The zero-order chi connectivity index (χ0) is 16.6. The highest BCUT2D eigenvalue weighted by Crippen LogP contribution is 2.14. The van der Waals surface area contributed by atoms with Gasteiger partial charge < -0.3 is 5.32 Å². The van der Waals surface area contributed by atoms with Gasteiger partial charge in [-0.15, -0.1) is 0 Å². The Morgan fingerprint density at radius 2 is 2.17 bits per heavy atom. The second kappa shape index (κ2) is 5.87. The quantitative estimate of drug-likeness (QED) is 0.635. The van der Waals surface area contributed by atoms with Gasteiger partial charge in [0.05, 0.1) is 5.39 Å². The topological polar surface area (TPSA) is 126 Å². The van der Waals surface area contributed by atoms with E-state index in [0.29, 0.717) is 6.54 Å². The van der Waals surface area contributed by atoms with E-state index in [1.165, 1.54) is 13.1 Å². The van der Waals surface area contributed by atoms with Gasteiger partial charge in [-0.3, -0.25) is 14.3 Å². The summed E-state index contributed by atoms with van der Waals surface area (Å²) in [6.07, 6.45) is 2.80. The van der Waals surface area contributed by atoms with Gasteiger partial charge in [0.15, 0.2) is 0 Å². The SMILES string of the molecule is Cn1c(=O)[nH]c(=O)c2cc(S(=O)(=O)NC3CCCNC3)cnc21. The van der Waals surface area contributed by atoms with E-state index in [-0.39, 0.29) is 22.0 Å².